The molecule has 0 aliphatic carbocycles. The van der Waals surface area contributed by atoms with E-state index in [1.54, 1.807) is 32.4 Å². The average molecular weight is 420 g/mol. The average Bonchev–Trinajstić information content (AvgIpc) is 3.38. The summed E-state index contributed by atoms with van der Waals surface area (Å²) in [5, 5.41) is 11.1. The quantitative estimate of drug-likeness (QED) is 0.459. The van der Waals surface area contributed by atoms with Crippen molar-refractivity contribution in [3.63, 3.8) is 0 Å². The molecule has 2 amide bonds. The maximum Gasteiger partial charge on any atom is 0.277 e. The number of carbonyl (C=O) groups excluding carboxylic acids is 2. The number of benzene rings is 1. The molecule has 1 aromatic carbocycles. The third kappa shape index (κ3) is 5.63. The van der Waals surface area contributed by atoms with E-state index in [4.69, 9.17) is 13.9 Å². The van der Waals surface area contributed by atoms with Gasteiger partial charge in [0.25, 0.3) is 5.22 Å². The Bertz CT molecular complexity index is 857. The van der Waals surface area contributed by atoms with Crippen molar-refractivity contribution in [2.24, 2.45) is 0 Å². The van der Waals surface area contributed by atoms with Crippen LogP contribution in [0.1, 0.15) is 19.3 Å². The lowest BCUT2D eigenvalue weighted by molar-refractivity contribution is -0.127. The second-order valence-corrected chi connectivity index (χ2v) is 7.35. The van der Waals surface area contributed by atoms with Gasteiger partial charge in [0.05, 0.1) is 20.0 Å². The summed E-state index contributed by atoms with van der Waals surface area (Å²) in [6, 6.07) is 5.30. The second kappa shape index (κ2) is 10.1. The van der Waals surface area contributed by atoms with E-state index in [0.717, 1.165) is 19.4 Å². The number of aromatic nitrogens is 2. The van der Waals surface area contributed by atoms with Crippen LogP contribution in [0.2, 0.25) is 0 Å². The number of nitrogens with zero attached hydrogens (tertiary/aromatic N) is 3. The summed E-state index contributed by atoms with van der Waals surface area (Å²) in [4.78, 5) is 25.4. The number of nitrogens with one attached hydrogen (secondary N) is 1. The molecular formula is C19H24N4O5S. The zero-order chi connectivity index (χ0) is 20.6. The van der Waals surface area contributed by atoms with Crippen LogP contribution in [0, 0.1) is 0 Å². The molecule has 156 valence electrons. The zero-order valence-corrected chi connectivity index (χ0v) is 17.3. The Morgan fingerprint density at radius 2 is 2.10 bits per heavy atom. The minimum atomic E-state index is -0.117. The van der Waals surface area contributed by atoms with E-state index in [1.165, 1.54) is 11.8 Å². The van der Waals surface area contributed by atoms with Gasteiger partial charge in [0, 0.05) is 31.6 Å². The minimum Gasteiger partial charge on any atom is -0.493 e. The predicted molar refractivity (Wildman–Crippen MR) is 107 cm³/mol. The van der Waals surface area contributed by atoms with Crippen LogP contribution in [0.3, 0.4) is 0 Å². The highest BCUT2D eigenvalue weighted by Crippen LogP contribution is 2.32. The third-order valence-corrected chi connectivity index (χ3v) is 5.28. The first-order chi connectivity index (χ1) is 14.1. The van der Waals surface area contributed by atoms with Crippen LogP contribution in [0.15, 0.2) is 27.8 Å². The van der Waals surface area contributed by atoms with Crippen molar-refractivity contribution in [1.82, 2.24) is 20.4 Å². The summed E-state index contributed by atoms with van der Waals surface area (Å²) in [7, 11) is 3.12. The number of rotatable bonds is 10. The highest BCUT2D eigenvalue weighted by molar-refractivity contribution is 7.99. The number of likely N-dealkylation sites (tertiary alicyclic amines) is 1. The van der Waals surface area contributed by atoms with Crippen molar-refractivity contribution in [3.8, 4) is 23.0 Å². The zero-order valence-electron chi connectivity index (χ0n) is 16.5. The van der Waals surface area contributed by atoms with Gasteiger partial charge in [0.15, 0.2) is 11.5 Å². The summed E-state index contributed by atoms with van der Waals surface area (Å²) in [6.07, 6.45) is 2.31. The van der Waals surface area contributed by atoms with Crippen LogP contribution in [-0.4, -0.2) is 66.5 Å². The van der Waals surface area contributed by atoms with Gasteiger partial charge in [0.2, 0.25) is 17.7 Å². The summed E-state index contributed by atoms with van der Waals surface area (Å²) >= 11 is 1.17. The van der Waals surface area contributed by atoms with Crippen molar-refractivity contribution >= 4 is 23.6 Å². The molecule has 1 saturated heterocycles. The van der Waals surface area contributed by atoms with Gasteiger partial charge in [0.1, 0.15) is 0 Å². The van der Waals surface area contributed by atoms with E-state index < -0.39 is 0 Å². The van der Waals surface area contributed by atoms with Crippen molar-refractivity contribution in [1.29, 1.82) is 0 Å². The highest BCUT2D eigenvalue weighted by atomic mass is 32.2. The maximum atomic E-state index is 12.0. The van der Waals surface area contributed by atoms with E-state index in [-0.39, 0.29) is 17.6 Å². The lowest BCUT2D eigenvalue weighted by Crippen LogP contribution is -2.31. The number of thioether (sulfide) groups is 1. The molecular weight excluding hydrogens is 396 g/mol. The fourth-order valence-corrected chi connectivity index (χ4v) is 3.56. The van der Waals surface area contributed by atoms with Crippen LogP contribution < -0.4 is 14.8 Å². The molecule has 0 radical (unpaired) electrons. The van der Waals surface area contributed by atoms with Crippen molar-refractivity contribution < 1.29 is 23.5 Å². The summed E-state index contributed by atoms with van der Waals surface area (Å²) in [5.74, 6) is 1.77. The van der Waals surface area contributed by atoms with Gasteiger partial charge in [-0.2, -0.15) is 0 Å². The van der Waals surface area contributed by atoms with Crippen LogP contribution >= 0.6 is 11.8 Å². The minimum absolute atomic E-state index is 0.117. The molecule has 1 aromatic heterocycles. The summed E-state index contributed by atoms with van der Waals surface area (Å²) in [6.45, 7) is 2.04. The Hall–Kier alpha value is -2.75. The molecule has 0 atom stereocenters. The van der Waals surface area contributed by atoms with E-state index >= 15 is 0 Å². The normalized spacial score (nSPS) is 13.6. The van der Waals surface area contributed by atoms with Crippen LogP contribution in [-0.2, 0) is 9.59 Å². The number of amides is 2. The topological polar surface area (TPSA) is 107 Å². The van der Waals surface area contributed by atoms with Crippen molar-refractivity contribution in [3.05, 3.63) is 18.2 Å². The molecule has 29 heavy (non-hydrogen) atoms. The molecule has 2 heterocycles. The summed E-state index contributed by atoms with van der Waals surface area (Å²) < 4.78 is 16.1. The Morgan fingerprint density at radius 3 is 2.83 bits per heavy atom. The van der Waals surface area contributed by atoms with E-state index in [9.17, 15) is 9.59 Å². The molecule has 10 heteroatoms. The van der Waals surface area contributed by atoms with E-state index in [0.29, 0.717) is 47.7 Å². The van der Waals surface area contributed by atoms with Crippen molar-refractivity contribution in [2.45, 2.75) is 24.5 Å². The lowest BCUT2D eigenvalue weighted by atomic mass is 10.2. The Balaban J connectivity index is 1.43. The number of hydrogen-bond donors (Lipinski definition) is 1. The van der Waals surface area contributed by atoms with E-state index in [2.05, 4.69) is 15.5 Å². The van der Waals surface area contributed by atoms with Gasteiger partial charge >= 0.3 is 0 Å². The second-order valence-electron chi connectivity index (χ2n) is 6.42. The van der Waals surface area contributed by atoms with Gasteiger partial charge in [-0.1, -0.05) is 11.8 Å². The molecule has 3 rings (SSSR count). The fraction of sp³-hybridized carbons (Fsp3) is 0.474. The molecule has 0 spiro atoms. The highest BCUT2D eigenvalue weighted by Gasteiger charge is 2.19. The molecule has 1 fully saturated rings. The molecule has 0 saturated carbocycles. The SMILES string of the molecule is COc1ccc(-c2nnc(SCC(=O)NCCCN3CCCC3=O)o2)cc1OC. The Labute approximate surface area is 173 Å². The first-order valence-corrected chi connectivity index (χ1v) is 10.3. The van der Waals surface area contributed by atoms with Gasteiger partial charge in [-0.25, -0.2) is 0 Å². The first-order valence-electron chi connectivity index (χ1n) is 9.34. The fourth-order valence-electron chi connectivity index (χ4n) is 2.97. The number of hydrogen-bond acceptors (Lipinski definition) is 8. The Morgan fingerprint density at radius 1 is 1.28 bits per heavy atom. The van der Waals surface area contributed by atoms with Gasteiger partial charge < -0.3 is 24.1 Å². The monoisotopic (exact) mass is 420 g/mol. The molecule has 1 N–H and O–H groups in total. The molecule has 1 aliphatic rings. The first kappa shape index (κ1) is 21.0. The standard InChI is InChI=1S/C19H24N4O5S/c1-26-14-7-6-13(11-15(14)27-2)18-21-22-19(28-18)29-12-16(24)20-8-4-10-23-9-3-5-17(23)25/h6-7,11H,3-5,8-10,12H2,1-2H3,(H,20,24). The van der Waals surface area contributed by atoms with E-state index in [1.807, 2.05) is 4.90 Å². The third-order valence-electron chi connectivity index (χ3n) is 4.46. The van der Waals surface area contributed by atoms with Crippen LogP contribution in [0.5, 0.6) is 11.5 Å². The number of methoxy groups -OCH3 is 2. The Kier molecular flexibility index (Phi) is 7.34. The molecule has 0 unspecified atom stereocenters. The van der Waals surface area contributed by atoms with Gasteiger partial charge in [-0.15, -0.1) is 10.2 Å². The van der Waals surface area contributed by atoms with Crippen LogP contribution in [0.4, 0.5) is 0 Å². The smallest absolute Gasteiger partial charge is 0.277 e. The lowest BCUT2D eigenvalue weighted by Gasteiger charge is -2.15. The molecule has 0 bridgehead atoms. The number of ether oxygens (including phenoxy) is 2. The largest absolute Gasteiger partial charge is 0.493 e. The molecule has 9 nitrogen and oxygen atoms in total. The van der Waals surface area contributed by atoms with Gasteiger partial charge in [-0.05, 0) is 31.0 Å². The molecule has 2 aromatic rings. The van der Waals surface area contributed by atoms with Crippen LogP contribution in [0.25, 0.3) is 11.5 Å². The predicted octanol–water partition coefficient (Wildman–Crippen LogP) is 1.97. The summed E-state index contributed by atoms with van der Waals surface area (Å²) in [5.41, 5.74) is 0.697. The van der Waals surface area contributed by atoms with Gasteiger partial charge in [-0.3, -0.25) is 9.59 Å². The molecule has 1 aliphatic heterocycles. The maximum absolute atomic E-state index is 12.0. The number of carbonyl (C=O) groups is 2. The van der Waals surface area contributed by atoms with Crippen molar-refractivity contribution in [2.75, 3.05) is 39.6 Å².